The second kappa shape index (κ2) is 7.82. The second-order valence-electron chi connectivity index (χ2n) is 6.70. The summed E-state index contributed by atoms with van der Waals surface area (Å²) >= 11 is 1.43. The largest absolute Gasteiger partial charge is 0.463 e. The van der Waals surface area contributed by atoms with E-state index < -0.39 is 37.3 Å². The summed E-state index contributed by atoms with van der Waals surface area (Å²) in [6, 6.07) is 4.47. The molecule has 1 saturated heterocycles. The lowest BCUT2D eigenvalue weighted by atomic mass is 9.99. The molecule has 0 radical (unpaired) electrons. The summed E-state index contributed by atoms with van der Waals surface area (Å²) in [5.74, 6) is 0.210. The number of hydrogen-bond donors (Lipinski definition) is 4. The summed E-state index contributed by atoms with van der Waals surface area (Å²) < 4.78 is 16.5. The number of hydrogen-bond acceptors (Lipinski definition) is 10. The molecule has 1 fully saturated rings. The number of benzene rings is 1. The van der Waals surface area contributed by atoms with Crippen LogP contribution in [0.15, 0.2) is 39.1 Å². The normalized spacial score (nSPS) is 27.3. The van der Waals surface area contributed by atoms with Crippen molar-refractivity contribution in [3.05, 3.63) is 45.1 Å². The lowest BCUT2D eigenvalue weighted by Gasteiger charge is -2.39. The summed E-state index contributed by atoms with van der Waals surface area (Å²) in [6.45, 7) is 1.29. The van der Waals surface area contributed by atoms with E-state index in [1.54, 1.807) is 5.38 Å². The van der Waals surface area contributed by atoms with E-state index >= 15 is 0 Å². The van der Waals surface area contributed by atoms with Crippen LogP contribution in [0.3, 0.4) is 0 Å². The van der Waals surface area contributed by atoms with Gasteiger partial charge in [-0.2, -0.15) is 0 Å². The Labute approximate surface area is 168 Å². The number of thiazole rings is 1. The van der Waals surface area contributed by atoms with Crippen LogP contribution in [0.1, 0.15) is 5.01 Å². The minimum Gasteiger partial charge on any atom is -0.463 e. The first-order valence-corrected chi connectivity index (χ1v) is 9.72. The summed E-state index contributed by atoms with van der Waals surface area (Å²) in [4.78, 5) is 17.1. The standard InChI is InChI=1S/C19H19NO8S/c1-8-20-12(7-29-8)11-6-26-13-4-9(2-3-10(13)15(11)22)27-19-18(25)17(24)16(23)14(5-21)28-19/h2-4,6-7,14,16-19,21,23-25H,5H2,1H3/t14-,16+,17+,18+,19-/m1/s1. The number of aliphatic hydroxyl groups excluding tert-OH is 4. The van der Waals surface area contributed by atoms with E-state index in [0.717, 1.165) is 5.01 Å². The molecule has 154 valence electrons. The zero-order valence-corrected chi connectivity index (χ0v) is 16.1. The van der Waals surface area contributed by atoms with Crippen molar-refractivity contribution in [2.45, 2.75) is 37.6 Å². The highest BCUT2D eigenvalue weighted by Gasteiger charge is 2.44. The highest BCUT2D eigenvalue weighted by Crippen LogP contribution is 2.27. The zero-order chi connectivity index (χ0) is 20.7. The van der Waals surface area contributed by atoms with Crippen molar-refractivity contribution >= 4 is 22.3 Å². The van der Waals surface area contributed by atoms with Crippen LogP contribution in [0, 0.1) is 6.92 Å². The second-order valence-corrected chi connectivity index (χ2v) is 7.77. The molecule has 0 unspecified atom stereocenters. The zero-order valence-electron chi connectivity index (χ0n) is 15.3. The predicted molar refractivity (Wildman–Crippen MR) is 103 cm³/mol. The molecule has 29 heavy (non-hydrogen) atoms. The summed E-state index contributed by atoms with van der Waals surface area (Å²) in [7, 11) is 0. The van der Waals surface area contributed by atoms with Gasteiger partial charge in [-0.3, -0.25) is 4.79 Å². The van der Waals surface area contributed by atoms with E-state index in [1.807, 2.05) is 6.92 Å². The molecule has 4 N–H and O–H groups in total. The quantitative estimate of drug-likeness (QED) is 0.471. The van der Waals surface area contributed by atoms with Gasteiger partial charge in [-0.1, -0.05) is 0 Å². The van der Waals surface area contributed by atoms with Gasteiger partial charge in [-0.15, -0.1) is 11.3 Å². The van der Waals surface area contributed by atoms with Gasteiger partial charge < -0.3 is 34.3 Å². The monoisotopic (exact) mass is 421 g/mol. The third-order valence-electron chi connectivity index (χ3n) is 4.74. The molecule has 1 aromatic carbocycles. The molecule has 0 aliphatic carbocycles. The van der Waals surface area contributed by atoms with E-state index in [0.29, 0.717) is 16.6 Å². The van der Waals surface area contributed by atoms with Crippen LogP contribution in [-0.2, 0) is 4.74 Å². The summed E-state index contributed by atoms with van der Waals surface area (Å²) in [5.41, 5.74) is 0.915. The Balaban J connectivity index is 1.62. The van der Waals surface area contributed by atoms with Crippen molar-refractivity contribution in [2.75, 3.05) is 6.61 Å². The number of ether oxygens (including phenoxy) is 2. The number of nitrogens with zero attached hydrogens (tertiary/aromatic N) is 1. The Hall–Kier alpha value is -2.34. The van der Waals surface area contributed by atoms with Gasteiger partial charge in [0.05, 0.1) is 28.3 Å². The lowest BCUT2D eigenvalue weighted by molar-refractivity contribution is -0.277. The number of aromatic nitrogens is 1. The van der Waals surface area contributed by atoms with Crippen molar-refractivity contribution in [3.8, 4) is 17.0 Å². The van der Waals surface area contributed by atoms with Crippen molar-refractivity contribution < 1.29 is 34.3 Å². The summed E-state index contributed by atoms with van der Waals surface area (Å²) in [5, 5.41) is 42.0. The first-order chi connectivity index (χ1) is 13.9. The number of aliphatic hydroxyl groups is 4. The van der Waals surface area contributed by atoms with E-state index in [2.05, 4.69) is 4.98 Å². The predicted octanol–water partition coefficient (Wildman–Crippen LogP) is 0.404. The minimum atomic E-state index is -1.55. The van der Waals surface area contributed by atoms with E-state index in [4.69, 9.17) is 13.9 Å². The molecule has 3 aromatic rings. The van der Waals surface area contributed by atoms with Crippen LogP contribution in [0.5, 0.6) is 5.75 Å². The highest BCUT2D eigenvalue weighted by atomic mass is 32.1. The lowest BCUT2D eigenvalue weighted by Crippen LogP contribution is -2.60. The Morgan fingerprint density at radius 3 is 2.69 bits per heavy atom. The molecule has 10 heteroatoms. The fourth-order valence-corrected chi connectivity index (χ4v) is 3.76. The molecule has 9 nitrogen and oxygen atoms in total. The molecule has 4 rings (SSSR count). The average Bonchev–Trinajstić information content (AvgIpc) is 3.14. The van der Waals surface area contributed by atoms with E-state index in [9.17, 15) is 25.2 Å². The van der Waals surface area contributed by atoms with Gasteiger partial charge in [0.1, 0.15) is 42.0 Å². The van der Waals surface area contributed by atoms with Crippen LogP contribution in [0.25, 0.3) is 22.2 Å². The minimum absolute atomic E-state index is 0.210. The first-order valence-electron chi connectivity index (χ1n) is 8.84. The maximum Gasteiger partial charge on any atom is 0.229 e. The molecule has 1 aliphatic rings. The molecule has 3 heterocycles. The Bertz CT molecular complexity index is 1080. The van der Waals surface area contributed by atoms with Crippen molar-refractivity contribution in [2.24, 2.45) is 0 Å². The van der Waals surface area contributed by atoms with Gasteiger partial charge in [-0.25, -0.2) is 4.98 Å². The summed E-state index contributed by atoms with van der Waals surface area (Å²) in [6.07, 6.45) is -5.64. The number of rotatable bonds is 4. The van der Waals surface area contributed by atoms with Gasteiger partial charge in [0, 0.05) is 11.4 Å². The van der Waals surface area contributed by atoms with Crippen LogP contribution < -0.4 is 10.2 Å². The molecule has 0 amide bonds. The number of aryl methyl sites for hydroxylation is 1. The maximum absolute atomic E-state index is 12.8. The Morgan fingerprint density at radius 2 is 2.00 bits per heavy atom. The van der Waals surface area contributed by atoms with Gasteiger partial charge >= 0.3 is 0 Å². The van der Waals surface area contributed by atoms with Crippen molar-refractivity contribution in [1.29, 1.82) is 0 Å². The molecule has 1 aliphatic heterocycles. The fraction of sp³-hybridized carbons (Fsp3) is 0.368. The third kappa shape index (κ3) is 3.66. The third-order valence-corrected chi connectivity index (χ3v) is 5.52. The Morgan fingerprint density at radius 1 is 1.21 bits per heavy atom. The van der Waals surface area contributed by atoms with Gasteiger partial charge in [0.15, 0.2) is 0 Å². The topological polar surface area (TPSA) is 142 Å². The van der Waals surface area contributed by atoms with Crippen LogP contribution >= 0.6 is 11.3 Å². The molecular formula is C19H19NO8S. The molecule has 2 aromatic heterocycles. The first kappa shape index (κ1) is 20.0. The smallest absolute Gasteiger partial charge is 0.229 e. The van der Waals surface area contributed by atoms with Crippen molar-refractivity contribution in [3.63, 3.8) is 0 Å². The van der Waals surface area contributed by atoms with Crippen LogP contribution in [0.4, 0.5) is 0 Å². The van der Waals surface area contributed by atoms with Crippen LogP contribution in [-0.4, -0.2) is 62.7 Å². The Kier molecular flexibility index (Phi) is 5.38. The molecule has 0 spiro atoms. The fourth-order valence-electron chi connectivity index (χ4n) is 3.14. The average molecular weight is 421 g/mol. The SMILES string of the molecule is Cc1nc(-c2coc3cc(O[C@@H]4O[C@H](CO)[C@H](O)[C@H](O)[C@@H]4O)ccc3c2=O)cs1. The molecule has 5 atom stereocenters. The highest BCUT2D eigenvalue weighted by molar-refractivity contribution is 7.09. The van der Waals surface area contributed by atoms with Gasteiger partial charge in [0.25, 0.3) is 0 Å². The van der Waals surface area contributed by atoms with E-state index in [1.165, 1.54) is 35.8 Å². The number of fused-ring (bicyclic) bond motifs is 1. The van der Waals surface area contributed by atoms with Crippen LogP contribution in [0.2, 0.25) is 0 Å². The molecular weight excluding hydrogens is 402 g/mol. The maximum atomic E-state index is 12.8. The molecule has 0 saturated carbocycles. The van der Waals surface area contributed by atoms with Gasteiger partial charge in [-0.05, 0) is 19.1 Å². The van der Waals surface area contributed by atoms with Gasteiger partial charge in [0.2, 0.25) is 11.7 Å². The van der Waals surface area contributed by atoms with Crippen molar-refractivity contribution in [1.82, 2.24) is 4.98 Å². The van der Waals surface area contributed by atoms with E-state index in [-0.39, 0.29) is 16.8 Å². The molecule has 0 bridgehead atoms.